The van der Waals surface area contributed by atoms with Crippen molar-refractivity contribution in [3.8, 4) is 5.88 Å². The summed E-state index contributed by atoms with van der Waals surface area (Å²) in [5.41, 5.74) is 2.39. The van der Waals surface area contributed by atoms with Gasteiger partial charge >= 0.3 is 0 Å². The van der Waals surface area contributed by atoms with Gasteiger partial charge < -0.3 is 10.1 Å². The summed E-state index contributed by atoms with van der Waals surface area (Å²) in [7, 11) is 1.97. The predicted octanol–water partition coefficient (Wildman–Crippen LogP) is 3.67. The third-order valence-electron chi connectivity index (χ3n) is 4.01. The average Bonchev–Trinajstić information content (AvgIpc) is 2.31. The minimum absolute atomic E-state index is 0.0514. The maximum absolute atomic E-state index is 5.90. The lowest BCUT2D eigenvalue weighted by Gasteiger charge is -2.25. The van der Waals surface area contributed by atoms with Gasteiger partial charge in [0.25, 0.3) is 0 Å². The zero-order valence-corrected chi connectivity index (χ0v) is 13.3. The quantitative estimate of drug-likeness (QED) is 0.861. The summed E-state index contributed by atoms with van der Waals surface area (Å²) in [6.45, 7) is 8.22. The number of pyridine rings is 1. The SMILES string of the molecule is CNCc1cc(OCCC2CCC2)nc(C(C)(C)C)c1. The first-order chi connectivity index (χ1) is 9.49. The standard InChI is InChI=1S/C17H28N2O/c1-17(2,3)15-10-14(12-18-4)11-16(19-15)20-9-8-13-6-5-7-13/h10-11,13,18H,5-9,12H2,1-4H3. The molecule has 0 unspecified atom stereocenters. The lowest BCUT2D eigenvalue weighted by atomic mass is 9.83. The molecule has 1 saturated carbocycles. The Kier molecular flexibility index (Phi) is 5.03. The lowest BCUT2D eigenvalue weighted by molar-refractivity contribution is 0.216. The fraction of sp³-hybridized carbons (Fsp3) is 0.706. The van der Waals surface area contributed by atoms with Crippen LogP contribution in [0.3, 0.4) is 0 Å². The molecular weight excluding hydrogens is 248 g/mol. The summed E-state index contributed by atoms with van der Waals surface area (Å²) in [5, 5.41) is 3.20. The molecule has 0 amide bonds. The van der Waals surface area contributed by atoms with Crippen molar-refractivity contribution in [1.82, 2.24) is 10.3 Å². The van der Waals surface area contributed by atoms with Crippen LogP contribution in [0.1, 0.15) is 57.7 Å². The van der Waals surface area contributed by atoms with Crippen LogP contribution < -0.4 is 10.1 Å². The fourth-order valence-electron chi connectivity index (χ4n) is 2.44. The molecule has 0 saturated heterocycles. The molecule has 0 aliphatic heterocycles. The molecule has 0 spiro atoms. The van der Waals surface area contributed by atoms with Crippen LogP contribution in [0.2, 0.25) is 0 Å². The van der Waals surface area contributed by atoms with Gasteiger partial charge in [-0.2, -0.15) is 0 Å². The zero-order valence-electron chi connectivity index (χ0n) is 13.3. The largest absolute Gasteiger partial charge is 0.478 e. The van der Waals surface area contributed by atoms with E-state index in [1.807, 2.05) is 7.05 Å². The number of ether oxygens (including phenoxy) is 1. The average molecular weight is 276 g/mol. The van der Waals surface area contributed by atoms with Crippen molar-refractivity contribution in [3.05, 3.63) is 23.4 Å². The Morgan fingerprint density at radius 1 is 1.30 bits per heavy atom. The number of aromatic nitrogens is 1. The summed E-state index contributed by atoms with van der Waals surface area (Å²) >= 11 is 0. The van der Waals surface area contributed by atoms with E-state index in [-0.39, 0.29) is 5.41 Å². The van der Waals surface area contributed by atoms with Crippen LogP contribution in [-0.2, 0) is 12.0 Å². The van der Waals surface area contributed by atoms with Crippen LogP contribution in [0, 0.1) is 5.92 Å². The zero-order chi connectivity index (χ0) is 14.6. The highest BCUT2D eigenvalue weighted by atomic mass is 16.5. The van der Waals surface area contributed by atoms with Crippen molar-refractivity contribution in [1.29, 1.82) is 0 Å². The second-order valence-electron chi connectivity index (χ2n) is 6.91. The van der Waals surface area contributed by atoms with Crippen LogP contribution in [0.25, 0.3) is 0 Å². The third kappa shape index (κ3) is 4.20. The fourth-order valence-corrected chi connectivity index (χ4v) is 2.44. The lowest BCUT2D eigenvalue weighted by Crippen LogP contribution is -2.17. The molecule has 112 valence electrons. The van der Waals surface area contributed by atoms with Crippen LogP contribution in [-0.4, -0.2) is 18.6 Å². The molecule has 1 aliphatic rings. The Labute approximate surface area is 123 Å². The smallest absolute Gasteiger partial charge is 0.213 e. The maximum Gasteiger partial charge on any atom is 0.213 e. The van der Waals surface area contributed by atoms with Crippen LogP contribution in [0.4, 0.5) is 0 Å². The Hall–Kier alpha value is -1.09. The van der Waals surface area contributed by atoms with Crippen molar-refractivity contribution in [3.63, 3.8) is 0 Å². The Balaban J connectivity index is 2.03. The van der Waals surface area contributed by atoms with E-state index in [9.17, 15) is 0 Å². The van der Waals surface area contributed by atoms with Gasteiger partial charge in [-0.3, -0.25) is 0 Å². The number of nitrogens with one attached hydrogen (secondary N) is 1. The van der Waals surface area contributed by atoms with Crippen LogP contribution in [0.15, 0.2) is 12.1 Å². The van der Waals surface area contributed by atoms with E-state index in [4.69, 9.17) is 4.74 Å². The molecule has 0 atom stereocenters. The van der Waals surface area contributed by atoms with Crippen molar-refractivity contribution in [2.24, 2.45) is 5.92 Å². The van der Waals surface area contributed by atoms with Gasteiger partial charge in [0.05, 0.1) is 12.3 Å². The first kappa shape index (κ1) is 15.3. The third-order valence-corrected chi connectivity index (χ3v) is 4.01. The van der Waals surface area contributed by atoms with E-state index in [1.54, 1.807) is 0 Å². The molecule has 3 heteroatoms. The molecule has 3 nitrogen and oxygen atoms in total. The second-order valence-corrected chi connectivity index (χ2v) is 6.91. The number of rotatable bonds is 6. The van der Waals surface area contributed by atoms with Crippen LogP contribution >= 0.6 is 0 Å². The highest BCUT2D eigenvalue weighted by Crippen LogP contribution is 2.29. The van der Waals surface area contributed by atoms with Gasteiger partial charge in [-0.1, -0.05) is 40.0 Å². The van der Waals surface area contributed by atoms with Gasteiger partial charge in [0, 0.05) is 18.0 Å². The highest BCUT2D eigenvalue weighted by Gasteiger charge is 2.19. The molecule has 1 heterocycles. The summed E-state index contributed by atoms with van der Waals surface area (Å²) in [6.07, 6.45) is 5.32. The Morgan fingerprint density at radius 3 is 2.60 bits per heavy atom. The topological polar surface area (TPSA) is 34.1 Å². The highest BCUT2D eigenvalue weighted by molar-refractivity contribution is 5.28. The number of nitrogens with zero attached hydrogens (tertiary/aromatic N) is 1. The summed E-state index contributed by atoms with van der Waals surface area (Å²) < 4.78 is 5.90. The van der Waals surface area contributed by atoms with E-state index in [0.29, 0.717) is 0 Å². The molecule has 0 bridgehead atoms. The van der Waals surface area contributed by atoms with Crippen LogP contribution in [0.5, 0.6) is 5.88 Å². The predicted molar refractivity (Wildman–Crippen MR) is 83.2 cm³/mol. The Morgan fingerprint density at radius 2 is 2.05 bits per heavy atom. The first-order valence-corrected chi connectivity index (χ1v) is 7.78. The molecular formula is C17H28N2O. The molecule has 1 aliphatic carbocycles. The molecule has 0 aromatic carbocycles. The first-order valence-electron chi connectivity index (χ1n) is 7.78. The van der Waals surface area contributed by atoms with Gasteiger partial charge in [-0.05, 0) is 31.0 Å². The molecule has 0 radical (unpaired) electrons. The molecule has 1 aromatic rings. The molecule has 2 rings (SSSR count). The van der Waals surface area contributed by atoms with Crippen molar-refractivity contribution >= 4 is 0 Å². The molecule has 1 aromatic heterocycles. The van der Waals surface area contributed by atoms with Crippen molar-refractivity contribution in [2.75, 3.05) is 13.7 Å². The van der Waals surface area contributed by atoms with Gasteiger partial charge in [0.15, 0.2) is 0 Å². The maximum atomic E-state index is 5.90. The molecule has 20 heavy (non-hydrogen) atoms. The van der Waals surface area contributed by atoms with Crippen molar-refractivity contribution in [2.45, 2.75) is 58.4 Å². The van der Waals surface area contributed by atoms with E-state index in [0.717, 1.165) is 30.6 Å². The molecule has 1 N–H and O–H groups in total. The van der Waals surface area contributed by atoms with Gasteiger partial charge in [-0.15, -0.1) is 0 Å². The van der Waals surface area contributed by atoms with E-state index in [2.05, 4.69) is 43.2 Å². The van der Waals surface area contributed by atoms with Crippen molar-refractivity contribution < 1.29 is 4.74 Å². The summed E-state index contributed by atoms with van der Waals surface area (Å²) in [4.78, 5) is 4.68. The van der Waals surface area contributed by atoms with Gasteiger partial charge in [-0.25, -0.2) is 4.98 Å². The van der Waals surface area contributed by atoms with Gasteiger partial charge in [0.1, 0.15) is 0 Å². The normalized spacial score (nSPS) is 16.0. The van der Waals surface area contributed by atoms with E-state index >= 15 is 0 Å². The minimum Gasteiger partial charge on any atom is -0.478 e. The second kappa shape index (κ2) is 6.57. The van der Waals surface area contributed by atoms with E-state index in [1.165, 1.54) is 31.2 Å². The molecule has 1 fully saturated rings. The Bertz CT molecular complexity index is 433. The summed E-state index contributed by atoms with van der Waals surface area (Å²) in [6, 6.07) is 4.24. The minimum atomic E-state index is 0.0514. The monoisotopic (exact) mass is 276 g/mol. The number of hydrogen-bond donors (Lipinski definition) is 1. The number of hydrogen-bond acceptors (Lipinski definition) is 3. The van der Waals surface area contributed by atoms with Gasteiger partial charge in [0.2, 0.25) is 5.88 Å². The summed E-state index contributed by atoms with van der Waals surface area (Å²) in [5.74, 6) is 1.67. The van der Waals surface area contributed by atoms with E-state index < -0.39 is 0 Å².